The summed E-state index contributed by atoms with van der Waals surface area (Å²) < 4.78 is 0. The summed E-state index contributed by atoms with van der Waals surface area (Å²) >= 11 is 4.91. The molecule has 0 radical (unpaired) electrons. The van der Waals surface area contributed by atoms with E-state index >= 15 is 0 Å². The van der Waals surface area contributed by atoms with Crippen molar-refractivity contribution in [1.82, 2.24) is 10.7 Å². The van der Waals surface area contributed by atoms with Crippen molar-refractivity contribution in [3.8, 4) is 0 Å². The van der Waals surface area contributed by atoms with Crippen molar-refractivity contribution in [1.29, 1.82) is 0 Å². The van der Waals surface area contributed by atoms with E-state index in [0.29, 0.717) is 5.11 Å². The minimum Gasteiger partial charge on any atom is -0.364 e. The molecule has 0 heterocycles. The fourth-order valence-electron chi connectivity index (χ4n) is 0.900. The molecular weight excluding hydrogens is 182 g/mol. The number of benzene rings is 1. The molecule has 0 aliphatic carbocycles. The maximum atomic E-state index is 4.91. The number of rotatable bonds is 2. The van der Waals surface area contributed by atoms with Gasteiger partial charge >= 0.3 is 0 Å². The van der Waals surface area contributed by atoms with Crippen LogP contribution in [0.4, 0.5) is 5.69 Å². The van der Waals surface area contributed by atoms with Gasteiger partial charge < -0.3 is 5.32 Å². The summed E-state index contributed by atoms with van der Waals surface area (Å²) in [5, 5.41) is 3.38. The zero-order valence-electron chi connectivity index (χ0n) is 7.72. The predicted octanol–water partition coefficient (Wildman–Crippen LogP) is 1.42. The van der Waals surface area contributed by atoms with Gasteiger partial charge in [0.15, 0.2) is 5.11 Å². The molecule has 0 fully saturated rings. The summed E-state index contributed by atoms with van der Waals surface area (Å²) in [4.78, 5) is 0. The first-order valence-electron chi connectivity index (χ1n) is 4.03. The summed E-state index contributed by atoms with van der Waals surface area (Å²) in [6.07, 6.45) is 0. The number of hydrazine groups is 1. The first-order valence-corrected chi connectivity index (χ1v) is 4.44. The minimum absolute atomic E-state index is 0.572. The van der Waals surface area contributed by atoms with Gasteiger partial charge in [0.05, 0.1) is 5.69 Å². The Morgan fingerprint density at radius 3 is 2.62 bits per heavy atom. The summed E-state index contributed by atoms with van der Waals surface area (Å²) in [6.45, 7) is 2.03. The van der Waals surface area contributed by atoms with Crippen LogP contribution in [0, 0.1) is 6.92 Å². The number of nitrogens with one attached hydrogen (secondary N) is 3. The van der Waals surface area contributed by atoms with Crippen molar-refractivity contribution in [2.24, 2.45) is 0 Å². The van der Waals surface area contributed by atoms with Crippen LogP contribution in [0.5, 0.6) is 0 Å². The standard InChI is InChI=1S/C9H13N3S/c1-7-5-3-4-6-8(7)11-12-9(13)10-2/h3-6,11H,1-2H3,(H2,10,12,13). The molecule has 0 amide bonds. The molecule has 0 unspecified atom stereocenters. The highest BCUT2D eigenvalue weighted by atomic mass is 32.1. The second-order valence-electron chi connectivity index (χ2n) is 2.64. The number of anilines is 1. The number of para-hydroxylation sites is 1. The van der Waals surface area contributed by atoms with Crippen LogP contribution in [0.2, 0.25) is 0 Å². The van der Waals surface area contributed by atoms with Gasteiger partial charge in [0.25, 0.3) is 0 Å². The third kappa shape index (κ3) is 2.91. The summed E-state index contributed by atoms with van der Waals surface area (Å²) in [5.74, 6) is 0. The van der Waals surface area contributed by atoms with E-state index in [2.05, 4.69) is 16.2 Å². The molecule has 0 aliphatic heterocycles. The number of aryl methyl sites for hydroxylation is 1. The number of hydrogen-bond acceptors (Lipinski definition) is 2. The highest BCUT2D eigenvalue weighted by Crippen LogP contribution is 2.11. The fourth-order valence-corrected chi connectivity index (χ4v) is 0.951. The maximum Gasteiger partial charge on any atom is 0.184 e. The van der Waals surface area contributed by atoms with E-state index in [9.17, 15) is 0 Å². The van der Waals surface area contributed by atoms with Gasteiger partial charge in [-0.25, -0.2) is 0 Å². The van der Waals surface area contributed by atoms with Crippen LogP contribution in [-0.2, 0) is 0 Å². The van der Waals surface area contributed by atoms with E-state index in [1.165, 1.54) is 5.56 Å². The Hall–Kier alpha value is -1.29. The lowest BCUT2D eigenvalue weighted by molar-refractivity contribution is 1.04. The van der Waals surface area contributed by atoms with Crippen molar-refractivity contribution in [3.05, 3.63) is 29.8 Å². The van der Waals surface area contributed by atoms with Crippen LogP contribution < -0.4 is 16.2 Å². The lowest BCUT2D eigenvalue weighted by atomic mass is 10.2. The zero-order chi connectivity index (χ0) is 9.68. The number of hydrogen-bond donors (Lipinski definition) is 3. The molecule has 4 heteroatoms. The molecular formula is C9H13N3S. The lowest BCUT2D eigenvalue weighted by Gasteiger charge is -2.11. The van der Waals surface area contributed by atoms with E-state index in [1.807, 2.05) is 31.2 Å². The molecule has 1 aromatic carbocycles. The van der Waals surface area contributed by atoms with Crippen LogP contribution in [0.25, 0.3) is 0 Å². The van der Waals surface area contributed by atoms with Gasteiger partial charge in [0.1, 0.15) is 0 Å². The van der Waals surface area contributed by atoms with E-state index in [-0.39, 0.29) is 0 Å². The Kier molecular flexibility index (Phi) is 3.52. The Morgan fingerprint density at radius 2 is 2.00 bits per heavy atom. The van der Waals surface area contributed by atoms with Crippen LogP contribution in [0.1, 0.15) is 5.56 Å². The summed E-state index contributed by atoms with van der Waals surface area (Å²) in [5.41, 5.74) is 8.07. The van der Waals surface area contributed by atoms with Gasteiger partial charge in [-0.05, 0) is 30.8 Å². The normalized spacial score (nSPS) is 9.08. The Labute approximate surface area is 83.5 Å². The van der Waals surface area contributed by atoms with E-state index in [4.69, 9.17) is 12.2 Å². The van der Waals surface area contributed by atoms with Gasteiger partial charge in [0.2, 0.25) is 0 Å². The quantitative estimate of drug-likeness (QED) is 0.492. The molecule has 0 saturated heterocycles. The van der Waals surface area contributed by atoms with Crippen LogP contribution in [0.3, 0.4) is 0 Å². The molecule has 0 spiro atoms. The van der Waals surface area contributed by atoms with Gasteiger partial charge in [-0.15, -0.1) is 0 Å². The average Bonchev–Trinajstić information content (AvgIpc) is 2.16. The highest BCUT2D eigenvalue weighted by Gasteiger charge is 1.94. The highest BCUT2D eigenvalue weighted by molar-refractivity contribution is 7.80. The SMILES string of the molecule is CNC(=S)NNc1ccccc1C. The van der Waals surface area contributed by atoms with Gasteiger partial charge in [-0.1, -0.05) is 18.2 Å². The van der Waals surface area contributed by atoms with Crippen LogP contribution in [-0.4, -0.2) is 12.2 Å². The van der Waals surface area contributed by atoms with Gasteiger partial charge in [0, 0.05) is 7.05 Å². The molecule has 3 N–H and O–H groups in total. The second kappa shape index (κ2) is 4.67. The second-order valence-corrected chi connectivity index (χ2v) is 3.05. The van der Waals surface area contributed by atoms with Crippen molar-refractivity contribution < 1.29 is 0 Å². The van der Waals surface area contributed by atoms with E-state index in [1.54, 1.807) is 7.05 Å². The molecule has 0 aliphatic rings. The fraction of sp³-hybridized carbons (Fsp3) is 0.222. The third-order valence-electron chi connectivity index (χ3n) is 1.68. The van der Waals surface area contributed by atoms with Crippen molar-refractivity contribution in [3.63, 3.8) is 0 Å². The molecule has 13 heavy (non-hydrogen) atoms. The molecule has 0 bridgehead atoms. The largest absolute Gasteiger partial charge is 0.364 e. The third-order valence-corrected chi connectivity index (χ3v) is 1.99. The van der Waals surface area contributed by atoms with Gasteiger partial charge in [-0.2, -0.15) is 0 Å². The molecule has 1 rings (SSSR count). The summed E-state index contributed by atoms with van der Waals surface area (Å²) in [7, 11) is 1.77. The van der Waals surface area contributed by atoms with Gasteiger partial charge in [-0.3, -0.25) is 10.9 Å². The van der Waals surface area contributed by atoms with E-state index < -0.39 is 0 Å². The molecule has 3 nitrogen and oxygen atoms in total. The number of thiocarbonyl (C=S) groups is 1. The molecule has 0 aromatic heterocycles. The molecule has 70 valence electrons. The molecule has 1 aromatic rings. The lowest BCUT2D eigenvalue weighted by Crippen LogP contribution is -2.36. The Bertz CT molecular complexity index is 299. The zero-order valence-corrected chi connectivity index (χ0v) is 8.53. The van der Waals surface area contributed by atoms with E-state index in [0.717, 1.165) is 5.69 Å². The molecule has 0 saturated carbocycles. The summed E-state index contributed by atoms with van der Waals surface area (Å²) in [6, 6.07) is 7.99. The Balaban J connectivity index is 2.54. The maximum absolute atomic E-state index is 4.91. The minimum atomic E-state index is 0.572. The smallest absolute Gasteiger partial charge is 0.184 e. The monoisotopic (exact) mass is 195 g/mol. The van der Waals surface area contributed by atoms with Crippen molar-refractivity contribution in [2.75, 3.05) is 12.5 Å². The topological polar surface area (TPSA) is 36.1 Å². The first kappa shape index (κ1) is 9.80. The van der Waals surface area contributed by atoms with Crippen molar-refractivity contribution >= 4 is 23.0 Å². The van der Waals surface area contributed by atoms with Crippen LogP contribution in [0.15, 0.2) is 24.3 Å². The van der Waals surface area contributed by atoms with Crippen LogP contribution >= 0.6 is 12.2 Å². The predicted molar refractivity (Wildman–Crippen MR) is 59.6 cm³/mol. The van der Waals surface area contributed by atoms with Crippen molar-refractivity contribution in [2.45, 2.75) is 6.92 Å². The Morgan fingerprint density at radius 1 is 1.31 bits per heavy atom. The molecule has 0 atom stereocenters. The average molecular weight is 195 g/mol. The first-order chi connectivity index (χ1) is 6.24.